The fourth-order valence-corrected chi connectivity index (χ4v) is 2.16. The summed E-state index contributed by atoms with van der Waals surface area (Å²) in [5.41, 5.74) is 2.13. The van der Waals surface area contributed by atoms with Gasteiger partial charge in [-0.3, -0.25) is 14.9 Å². The molecular formula is C17H17ClN4O4. The van der Waals surface area contributed by atoms with Gasteiger partial charge in [-0.05, 0) is 43.2 Å². The Hall–Kier alpha value is -3.00. The van der Waals surface area contributed by atoms with Crippen LogP contribution in [0.3, 0.4) is 0 Å². The third kappa shape index (κ3) is 5.00. The summed E-state index contributed by atoms with van der Waals surface area (Å²) in [4.78, 5) is 25.9. The number of nitrogens with zero attached hydrogens (tertiary/aromatic N) is 3. The van der Waals surface area contributed by atoms with E-state index >= 15 is 0 Å². The van der Waals surface area contributed by atoms with Crippen LogP contribution in [0.4, 0.5) is 5.69 Å². The number of hydrogen-bond acceptors (Lipinski definition) is 6. The number of nitro groups is 1. The smallest absolute Gasteiger partial charge is 0.300 e. The molecule has 2 aromatic rings. The molecule has 136 valence electrons. The molecule has 0 spiro atoms. The monoisotopic (exact) mass is 376 g/mol. The third-order valence-corrected chi connectivity index (χ3v) is 3.73. The van der Waals surface area contributed by atoms with Crippen molar-refractivity contribution in [1.82, 2.24) is 10.4 Å². The number of ether oxygens (including phenoxy) is 1. The first-order chi connectivity index (χ1) is 12.4. The standard InChI is InChI=1S/C17H17ClN4O4/c1-3-11(2)26-15-7-6-12(9-13(15)18)10-20-21-17(23)16-14(22(24)25)5-4-8-19-16/h4-11H,3H2,1-2H3,(H,21,23)/b20-10-/t11-/m0/s1. The first-order valence-corrected chi connectivity index (χ1v) is 8.19. The van der Waals surface area contributed by atoms with Crippen LogP contribution in [-0.2, 0) is 0 Å². The second-order valence-electron chi connectivity index (χ2n) is 5.35. The molecule has 0 radical (unpaired) electrons. The average molecular weight is 377 g/mol. The number of halogens is 1. The molecular weight excluding hydrogens is 360 g/mol. The third-order valence-electron chi connectivity index (χ3n) is 3.44. The number of aromatic nitrogens is 1. The van der Waals surface area contributed by atoms with Crippen LogP contribution in [0, 0.1) is 10.1 Å². The van der Waals surface area contributed by atoms with Crippen LogP contribution < -0.4 is 10.2 Å². The van der Waals surface area contributed by atoms with Crippen LogP contribution in [-0.4, -0.2) is 28.1 Å². The molecule has 0 saturated heterocycles. The van der Waals surface area contributed by atoms with Gasteiger partial charge in [0.2, 0.25) is 5.69 Å². The highest BCUT2D eigenvalue weighted by molar-refractivity contribution is 6.32. The highest BCUT2D eigenvalue weighted by Gasteiger charge is 2.20. The van der Waals surface area contributed by atoms with Gasteiger partial charge in [0, 0.05) is 12.3 Å². The summed E-state index contributed by atoms with van der Waals surface area (Å²) >= 11 is 6.16. The Labute approximate surface area is 155 Å². The maximum atomic E-state index is 12.0. The molecule has 0 bridgehead atoms. The number of carbonyl (C=O) groups is 1. The molecule has 0 fully saturated rings. The van der Waals surface area contributed by atoms with Crippen molar-refractivity contribution in [2.45, 2.75) is 26.4 Å². The van der Waals surface area contributed by atoms with Gasteiger partial charge in [-0.15, -0.1) is 0 Å². The number of carbonyl (C=O) groups excluding carboxylic acids is 1. The van der Waals surface area contributed by atoms with Crippen LogP contribution in [0.2, 0.25) is 5.02 Å². The van der Waals surface area contributed by atoms with Crippen molar-refractivity contribution in [3.05, 3.63) is 62.9 Å². The van der Waals surface area contributed by atoms with E-state index in [4.69, 9.17) is 16.3 Å². The van der Waals surface area contributed by atoms with Crippen LogP contribution >= 0.6 is 11.6 Å². The zero-order valence-electron chi connectivity index (χ0n) is 14.2. The molecule has 9 heteroatoms. The largest absolute Gasteiger partial charge is 0.489 e. The molecule has 1 aromatic heterocycles. The number of hydrogen-bond donors (Lipinski definition) is 1. The van der Waals surface area contributed by atoms with Gasteiger partial charge in [-0.1, -0.05) is 18.5 Å². The van der Waals surface area contributed by atoms with Gasteiger partial charge < -0.3 is 4.74 Å². The van der Waals surface area contributed by atoms with E-state index in [-0.39, 0.29) is 11.8 Å². The van der Waals surface area contributed by atoms with E-state index in [0.717, 1.165) is 6.42 Å². The minimum absolute atomic E-state index is 0.0421. The lowest BCUT2D eigenvalue weighted by Gasteiger charge is -2.13. The van der Waals surface area contributed by atoms with Crippen molar-refractivity contribution in [2.75, 3.05) is 0 Å². The van der Waals surface area contributed by atoms with Crippen molar-refractivity contribution >= 4 is 29.4 Å². The highest BCUT2D eigenvalue weighted by atomic mass is 35.5. The summed E-state index contributed by atoms with van der Waals surface area (Å²) in [6.07, 6.45) is 3.55. The van der Waals surface area contributed by atoms with Crippen LogP contribution in [0.5, 0.6) is 5.75 Å². The first kappa shape index (κ1) is 19.3. The lowest BCUT2D eigenvalue weighted by Crippen LogP contribution is -2.20. The molecule has 0 unspecified atom stereocenters. The molecule has 1 amide bonds. The summed E-state index contributed by atoms with van der Waals surface area (Å²) in [6.45, 7) is 3.95. The maximum Gasteiger partial charge on any atom is 0.300 e. The fourth-order valence-electron chi connectivity index (χ4n) is 1.93. The molecule has 1 aromatic carbocycles. The van der Waals surface area contributed by atoms with Gasteiger partial charge >= 0.3 is 5.69 Å². The Balaban J connectivity index is 2.06. The molecule has 1 N–H and O–H groups in total. The van der Waals surface area contributed by atoms with Gasteiger partial charge in [0.25, 0.3) is 5.91 Å². The second kappa shape index (κ2) is 8.91. The quantitative estimate of drug-likeness (QED) is 0.451. The predicted molar refractivity (Wildman–Crippen MR) is 97.8 cm³/mol. The molecule has 2 rings (SSSR count). The number of amides is 1. The predicted octanol–water partition coefficient (Wildman–Crippen LogP) is 3.58. The van der Waals surface area contributed by atoms with E-state index < -0.39 is 16.5 Å². The number of pyridine rings is 1. The van der Waals surface area contributed by atoms with Crippen molar-refractivity contribution in [3.63, 3.8) is 0 Å². The summed E-state index contributed by atoms with van der Waals surface area (Å²) in [7, 11) is 0. The molecule has 0 saturated carbocycles. The Morgan fingerprint density at radius 3 is 2.92 bits per heavy atom. The van der Waals surface area contributed by atoms with Crippen molar-refractivity contribution < 1.29 is 14.5 Å². The normalized spacial score (nSPS) is 12.0. The van der Waals surface area contributed by atoms with E-state index in [1.165, 1.54) is 24.5 Å². The number of nitrogens with one attached hydrogen (secondary N) is 1. The summed E-state index contributed by atoms with van der Waals surface area (Å²) < 4.78 is 5.67. The molecule has 26 heavy (non-hydrogen) atoms. The van der Waals surface area contributed by atoms with Crippen molar-refractivity contribution in [3.8, 4) is 5.75 Å². The van der Waals surface area contributed by atoms with E-state index in [0.29, 0.717) is 16.3 Å². The van der Waals surface area contributed by atoms with Gasteiger partial charge in [-0.25, -0.2) is 10.4 Å². The lowest BCUT2D eigenvalue weighted by atomic mass is 10.2. The molecule has 8 nitrogen and oxygen atoms in total. The molecule has 1 heterocycles. The summed E-state index contributed by atoms with van der Waals surface area (Å²) in [5, 5.41) is 15.1. The molecule has 0 aliphatic rings. The van der Waals surface area contributed by atoms with Gasteiger partial charge in [0.05, 0.1) is 22.3 Å². The summed E-state index contributed by atoms with van der Waals surface area (Å²) in [6, 6.07) is 7.65. The first-order valence-electron chi connectivity index (χ1n) is 7.81. The Kier molecular flexibility index (Phi) is 6.62. The van der Waals surface area contributed by atoms with Gasteiger partial charge in [0.1, 0.15) is 5.75 Å². The number of benzene rings is 1. The Morgan fingerprint density at radius 1 is 1.50 bits per heavy atom. The second-order valence-corrected chi connectivity index (χ2v) is 5.76. The van der Waals surface area contributed by atoms with E-state index in [1.54, 1.807) is 18.2 Å². The van der Waals surface area contributed by atoms with Crippen LogP contribution in [0.15, 0.2) is 41.6 Å². The number of hydrazone groups is 1. The van der Waals surface area contributed by atoms with Gasteiger partial charge in [-0.2, -0.15) is 5.10 Å². The average Bonchev–Trinajstić information content (AvgIpc) is 2.63. The van der Waals surface area contributed by atoms with E-state index in [2.05, 4.69) is 15.5 Å². The minimum atomic E-state index is -0.781. The van der Waals surface area contributed by atoms with Crippen LogP contribution in [0.1, 0.15) is 36.3 Å². The van der Waals surface area contributed by atoms with E-state index in [9.17, 15) is 14.9 Å². The lowest BCUT2D eigenvalue weighted by molar-refractivity contribution is -0.385. The van der Waals surface area contributed by atoms with Gasteiger partial charge in [0.15, 0.2) is 0 Å². The van der Waals surface area contributed by atoms with Crippen LogP contribution in [0.25, 0.3) is 0 Å². The molecule has 0 aliphatic heterocycles. The SMILES string of the molecule is CC[C@H](C)Oc1ccc(/C=N\NC(=O)c2ncccc2[N+](=O)[O-])cc1Cl. The zero-order chi connectivity index (χ0) is 19.1. The number of rotatable bonds is 7. The Morgan fingerprint density at radius 2 is 2.27 bits per heavy atom. The highest BCUT2D eigenvalue weighted by Crippen LogP contribution is 2.26. The van der Waals surface area contributed by atoms with Crippen molar-refractivity contribution in [1.29, 1.82) is 0 Å². The summed E-state index contributed by atoms with van der Waals surface area (Å²) in [5.74, 6) is -0.220. The zero-order valence-corrected chi connectivity index (χ0v) is 14.9. The molecule has 1 atom stereocenters. The van der Waals surface area contributed by atoms with E-state index in [1.807, 2.05) is 13.8 Å². The van der Waals surface area contributed by atoms with Crippen molar-refractivity contribution in [2.24, 2.45) is 5.10 Å². The topological polar surface area (TPSA) is 107 Å². The minimum Gasteiger partial charge on any atom is -0.489 e. The maximum absolute atomic E-state index is 12.0. The molecule has 0 aliphatic carbocycles. The fraction of sp³-hybridized carbons (Fsp3) is 0.235. The Bertz CT molecular complexity index is 841.